The molecule has 0 aliphatic rings. The molecule has 0 aromatic heterocycles. The third kappa shape index (κ3) is 11.4. The highest BCUT2D eigenvalue weighted by Gasteiger charge is 2.18. The Morgan fingerprint density at radius 1 is 0.955 bits per heavy atom. The summed E-state index contributed by atoms with van der Waals surface area (Å²) in [6.07, 6.45) is 2.46. The Hall–Kier alpha value is -1.26. The van der Waals surface area contributed by atoms with Crippen LogP contribution in [-0.4, -0.2) is 67.8 Å². The molecule has 9 heteroatoms. The zero-order chi connectivity index (χ0) is 16.6. The highest BCUT2D eigenvalue weighted by atomic mass is 16.4. The summed E-state index contributed by atoms with van der Waals surface area (Å²) in [6, 6.07) is 0. The van der Waals surface area contributed by atoms with Crippen molar-refractivity contribution in [2.75, 3.05) is 45.8 Å². The molecule has 9 nitrogen and oxygen atoms in total. The molecule has 0 aliphatic carbocycles. The number of carboxylic acid groups (broad SMARTS) is 1. The van der Waals surface area contributed by atoms with Crippen LogP contribution < -0.4 is 27.6 Å². The fourth-order valence-electron chi connectivity index (χ4n) is 1.85. The van der Waals surface area contributed by atoms with Gasteiger partial charge in [0.1, 0.15) is 0 Å². The van der Waals surface area contributed by atoms with Crippen LogP contribution in [0.15, 0.2) is 0 Å². The Balaban J connectivity index is 3.50. The summed E-state index contributed by atoms with van der Waals surface area (Å²) < 4.78 is 0. The van der Waals surface area contributed by atoms with Crippen molar-refractivity contribution in [3.05, 3.63) is 0 Å². The molecule has 22 heavy (non-hydrogen) atoms. The summed E-state index contributed by atoms with van der Waals surface area (Å²) in [7, 11) is 0. The van der Waals surface area contributed by atoms with Crippen LogP contribution in [0.5, 0.6) is 0 Å². The van der Waals surface area contributed by atoms with Crippen LogP contribution in [0.25, 0.3) is 0 Å². The molecule has 0 saturated heterocycles. The molecule has 130 valence electrons. The number of carbonyl (C=O) groups excluding carboxylic acids is 1. The van der Waals surface area contributed by atoms with E-state index in [2.05, 4.69) is 16.1 Å². The molecular formula is C13H30N6O3. The number of rotatable bonds is 14. The number of nitrogens with zero attached hydrogens (tertiary/aromatic N) is 1. The molecule has 0 aromatic carbocycles. The summed E-state index contributed by atoms with van der Waals surface area (Å²) in [5.41, 5.74) is 7.55. The van der Waals surface area contributed by atoms with Crippen LogP contribution in [0.2, 0.25) is 0 Å². The molecule has 0 fully saturated rings. The van der Waals surface area contributed by atoms with Gasteiger partial charge < -0.3 is 21.5 Å². The number of nitrogens with one attached hydrogen (secondary N) is 3. The van der Waals surface area contributed by atoms with Gasteiger partial charge in [0.25, 0.3) is 0 Å². The van der Waals surface area contributed by atoms with Crippen molar-refractivity contribution in [1.29, 1.82) is 0 Å². The molecule has 0 rings (SSSR count). The summed E-state index contributed by atoms with van der Waals surface area (Å²) in [5, 5.41) is 15.5. The molecule has 8 N–H and O–H groups in total. The van der Waals surface area contributed by atoms with Gasteiger partial charge in [-0.25, -0.2) is 9.69 Å². The number of amides is 2. The lowest BCUT2D eigenvalue weighted by Gasteiger charge is -2.17. The number of carbonyl (C=O) groups is 2. The van der Waals surface area contributed by atoms with Crippen molar-refractivity contribution in [2.45, 2.75) is 25.7 Å². The molecule has 0 aromatic rings. The van der Waals surface area contributed by atoms with Gasteiger partial charge in [-0.3, -0.25) is 16.1 Å². The van der Waals surface area contributed by atoms with E-state index in [9.17, 15) is 9.59 Å². The predicted molar refractivity (Wildman–Crippen MR) is 85.2 cm³/mol. The second-order valence-corrected chi connectivity index (χ2v) is 4.91. The number of hydrazine groups is 1. The molecule has 0 bridgehead atoms. The topological polar surface area (TPSA) is 146 Å². The molecular weight excluding hydrogens is 288 g/mol. The van der Waals surface area contributed by atoms with Gasteiger partial charge in [-0.2, -0.15) is 0 Å². The van der Waals surface area contributed by atoms with Gasteiger partial charge >= 0.3 is 6.09 Å². The van der Waals surface area contributed by atoms with E-state index in [0.29, 0.717) is 19.5 Å². The largest absolute Gasteiger partial charge is 0.465 e. The summed E-state index contributed by atoms with van der Waals surface area (Å²) in [6.45, 7) is 4.19. The standard InChI is InChI=1S/C13H30N6O3/c14-5-3-8-16-6-1-2-7-17-9-4-10-19(13(21)22)12(20)11-18-15/h16-18H,1-11,14-15H2,(H,21,22). The molecule has 0 spiro atoms. The fraction of sp³-hybridized carbons (Fsp3) is 0.846. The quantitative estimate of drug-likeness (QED) is 0.131. The highest BCUT2D eigenvalue weighted by Crippen LogP contribution is 1.94. The maximum Gasteiger partial charge on any atom is 0.414 e. The van der Waals surface area contributed by atoms with E-state index in [1.54, 1.807) is 0 Å². The van der Waals surface area contributed by atoms with Gasteiger partial charge in [0.15, 0.2) is 0 Å². The van der Waals surface area contributed by atoms with Crippen molar-refractivity contribution in [2.24, 2.45) is 11.6 Å². The minimum atomic E-state index is -1.25. The first kappa shape index (κ1) is 20.7. The third-order valence-electron chi connectivity index (χ3n) is 3.04. The molecule has 0 aliphatic heterocycles. The minimum absolute atomic E-state index is 0.170. The lowest BCUT2D eigenvalue weighted by Crippen LogP contribution is -2.44. The Kier molecular flexibility index (Phi) is 13.8. The normalized spacial score (nSPS) is 10.6. The van der Waals surface area contributed by atoms with Gasteiger partial charge in [0, 0.05) is 6.54 Å². The molecule has 0 saturated carbocycles. The summed E-state index contributed by atoms with van der Waals surface area (Å²) >= 11 is 0. The van der Waals surface area contributed by atoms with Crippen LogP contribution in [0.1, 0.15) is 25.7 Å². The first-order chi connectivity index (χ1) is 10.6. The van der Waals surface area contributed by atoms with Gasteiger partial charge in [-0.1, -0.05) is 0 Å². The van der Waals surface area contributed by atoms with E-state index in [1.165, 1.54) is 0 Å². The van der Waals surface area contributed by atoms with Crippen molar-refractivity contribution in [1.82, 2.24) is 21.0 Å². The number of imide groups is 1. The average molecular weight is 318 g/mol. The minimum Gasteiger partial charge on any atom is -0.465 e. The average Bonchev–Trinajstić information content (AvgIpc) is 2.48. The maximum absolute atomic E-state index is 11.5. The first-order valence-corrected chi connectivity index (χ1v) is 7.71. The fourth-order valence-corrected chi connectivity index (χ4v) is 1.85. The van der Waals surface area contributed by atoms with Crippen LogP contribution in [0, 0.1) is 0 Å². The van der Waals surface area contributed by atoms with Crippen molar-refractivity contribution < 1.29 is 14.7 Å². The van der Waals surface area contributed by atoms with Crippen LogP contribution >= 0.6 is 0 Å². The van der Waals surface area contributed by atoms with Gasteiger partial charge in [0.2, 0.25) is 5.91 Å². The Bertz CT molecular complexity index is 304. The SMILES string of the molecule is NCCCNCCCCNCCCN(C(=O)O)C(=O)CNN. The number of hydrogen-bond donors (Lipinski definition) is 6. The van der Waals surface area contributed by atoms with E-state index < -0.39 is 12.0 Å². The Morgan fingerprint density at radius 3 is 2.00 bits per heavy atom. The second kappa shape index (κ2) is 14.7. The molecule has 0 atom stereocenters. The Morgan fingerprint density at radius 2 is 1.50 bits per heavy atom. The number of nitrogens with two attached hydrogens (primary N) is 2. The summed E-state index contributed by atoms with van der Waals surface area (Å²) in [4.78, 5) is 23.2. The Labute approximate surface area is 131 Å². The highest BCUT2D eigenvalue weighted by molar-refractivity contribution is 5.92. The van der Waals surface area contributed by atoms with Crippen LogP contribution in [0.3, 0.4) is 0 Å². The molecule has 0 heterocycles. The van der Waals surface area contributed by atoms with Crippen molar-refractivity contribution in [3.63, 3.8) is 0 Å². The monoisotopic (exact) mass is 318 g/mol. The van der Waals surface area contributed by atoms with Crippen molar-refractivity contribution >= 4 is 12.0 Å². The van der Waals surface area contributed by atoms with Crippen LogP contribution in [-0.2, 0) is 4.79 Å². The van der Waals surface area contributed by atoms with E-state index in [1.807, 2.05) is 0 Å². The zero-order valence-corrected chi connectivity index (χ0v) is 13.1. The maximum atomic E-state index is 11.5. The van der Waals surface area contributed by atoms with Gasteiger partial charge in [-0.15, -0.1) is 0 Å². The van der Waals surface area contributed by atoms with Crippen molar-refractivity contribution in [3.8, 4) is 0 Å². The number of unbranched alkanes of at least 4 members (excludes halogenated alkanes) is 1. The molecule has 0 radical (unpaired) electrons. The summed E-state index contributed by atoms with van der Waals surface area (Å²) in [5.74, 6) is 4.47. The van der Waals surface area contributed by atoms with E-state index in [-0.39, 0.29) is 13.1 Å². The second-order valence-electron chi connectivity index (χ2n) is 4.91. The predicted octanol–water partition coefficient (Wildman–Crippen LogP) is -1.35. The zero-order valence-electron chi connectivity index (χ0n) is 13.1. The van der Waals surface area contributed by atoms with Gasteiger partial charge in [-0.05, 0) is 58.4 Å². The first-order valence-electron chi connectivity index (χ1n) is 7.71. The lowest BCUT2D eigenvalue weighted by atomic mass is 10.3. The smallest absolute Gasteiger partial charge is 0.414 e. The molecule has 2 amide bonds. The van der Waals surface area contributed by atoms with Crippen LogP contribution in [0.4, 0.5) is 4.79 Å². The van der Waals surface area contributed by atoms with E-state index in [0.717, 1.165) is 43.8 Å². The number of hydrogen-bond acceptors (Lipinski definition) is 7. The lowest BCUT2D eigenvalue weighted by molar-refractivity contribution is -0.128. The molecule has 0 unspecified atom stereocenters. The van der Waals surface area contributed by atoms with Gasteiger partial charge in [0.05, 0.1) is 6.54 Å². The van der Waals surface area contributed by atoms with E-state index in [4.69, 9.17) is 16.7 Å². The van der Waals surface area contributed by atoms with E-state index >= 15 is 0 Å². The third-order valence-corrected chi connectivity index (χ3v) is 3.04.